The molecule has 116 valence electrons. The molecular weight excluding hydrogens is 446 g/mol. The molecule has 3 aromatic rings. The molecule has 0 fully saturated rings. The van der Waals surface area contributed by atoms with Crippen molar-refractivity contribution >= 4 is 54.5 Å². The van der Waals surface area contributed by atoms with Gasteiger partial charge >= 0.3 is 0 Å². The normalized spacial score (nSPS) is 11.2. The van der Waals surface area contributed by atoms with Gasteiger partial charge in [-0.1, -0.05) is 17.4 Å². The lowest BCUT2D eigenvalue weighted by Crippen LogP contribution is -1.81. The lowest BCUT2D eigenvalue weighted by Gasteiger charge is -1.98. The highest BCUT2D eigenvalue weighted by Crippen LogP contribution is 2.33. The van der Waals surface area contributed by atoms with Crippen molar-refractivity contribution in [2.45, 2.75) is 0 Å². The van der Waals surface area contributed by atoms with Gasteiger partial charge in [-0.2, -0.15) is 0 Å². The Morgan fingerprint density at radius 1 is 0.957 bits per heavy atom. The van der Waals surface area contributed by atoms with Gasteiger partial charge in [0.2, 0.25) is 5.13 Å². The van der Waals surface area contributed by atoms with Crippen LogP contribution < -0.4 is 0 Å². The summed E-state index contributed by atoms with van der Waals surface area (Å²) >= 11 is 8.15. The van der Waals surface area contributed by atoms with Crippen LogP contribution in [0, 0.1) is 0 Å². The molecule has 0 atom stereocenters. The van der Waals surface area contributed by atoms with Crippen molar-refractivity contribution in [3.8, 4) is 22.1 Å². The van der Waals surface area contributed by atoms with Crippen LogP contribution in [0.25, 0.3) is 10.6 Å². The number of hydrogen-bond donors (Lipinski definition) is 2. The average Bonchev–Trinajstić information content (AvgIpc) is 3.00. The number of aliphatic imine (C=N–C) groups is 1. The molecule has 1 heterocycles. The van der Waals surface area contributed by atoms with E-state index in [-0.39, 0.29) is 11.5 Å². The minimum atomic E-state index is -0.192. The molecule has 2 N–H and O–H groups in total. The zero-order valence-corrected chi connectivity index (χ0v) is 15.4. The van der Waals surface area contributed by atoms with E-state index in [4.69, 9.17) is 0 Å². The van der Waals surface area contributed by atoms with Crippen molar-refractivity contribution in [3.05, 3.63) is 50.9 Å². The maximum Gasteiger partial charge on any atom is 0.231 e. The molecule has 0 radical (unpaired) electrons. The van der Waals surface area contributed by atoms with E-state index in [0.29, 0.717) is 15.7 Å². The molecule has 8 heteroatoms. The van der Waals surface area contributed by atoms with Gasteiger partial charge in [0.25, 0.3) is 0 Å². The molecule has 0 amide bonds. The molecule has 3 rings (SSSR count). The summed E-state index contributed by atoms with van der Waals surface area (Å²) in [7, 11) is 0. The van der Waals surface area contributed by atoms with Crippen LogP contribution in [-0.4, -0.2) is 26.6 Å². The van der Waals surface area contributed by atoms with Crippen LogP contribution >= 0.6 is 43.2 Å². The summed E-state index contributed by atoms with van der Waals surface area (Å²) in [5.74, 6) is -0.361. The fourth-order valence-electron chi connectivity index (χ4n) is 1.76. The summed E-state index contributed by atoms with van der Waals surface area (Å²) in [5, 5.41) is 28.0. The van der Waals surface area contributed by atoms with Crippen molar-refractivity contribution in [3.63, 3.8) is 0 Å². The maximum atomic E-state index is 9.54. The Kier molecular flexibility index (Phi) is 4.74. The summed E-state index contributed by atoms with van der Waals surface area (Å²) in [6.07, 6.45) is 1.70. The van der Waals surface area contributed by atoms with Gasteiger partial charge in [0.05, 0.1) is 0 Å². The van der Waals surface area contributed by atoms with Crippen LogP contribution in [0.15, 0.2) is 50.3 Å². The van der Waals surface area contributed by atoms with E-state index in [0.717, 1.165) is 14.5 Å². The standard InChI is InChI=1S/C15H9Br2N3O2S/c16-10-3-1-8(5-11(10)17)7-18-15-20-19-14(23-15)9-2-4-12(21)13(22)6-9/h1-7,21-22H. The first-order chi connectivity index (χ1) is 11.0. The van der Waals surface area contributed by atoms with Crippen molar-refractivity contribution in [2.75, 3.05) is 0 Å². The zero-order valence-electron chi connectivity index (χ0n) is 11.4. The minimum Gasteiger partial charge on any atom is -0.504 e. The van der Waals surface area contributed by atoms with Crippen LogP contribution in [0.5, 0.6) is 11.5 Å². The van der Waals surface area contributed by atoms with Crippen LogP contribution in [0.1, 0.15) is 5.56 Å². The van der Waals surface area contributed by atoms with Gasteiger partial charge in [-0.25, -0.2) is 4.99 Å². The fraction of sp³-hybridized carbons (Fsp3) is 0. The molecule has 0 saturated heterocycles. The molecule has 5 nitrogen and oxygen atoms in total. The monoisotopic (exact) mass is 453 g/mol. The van der Waals surface area contributed by atoms with E-state index >= 15 is 0 Å². The van der Waals surface area contributed by atoms with Crippen molar-refractivity contribution in [1.82, 2.24) is 10.2 Å². The van der Waals surface area contributed by atoms with Gasteiger partial charge in [0, 0.05) is 20.7 Å². The quantitative estimate of drug-likeness (QED) is 0.436. The van der Waals surface area contributed by atoms with Gasteiger partial charge in [-0.15, -0.1) is 10.2 Å². The van der Waals surface area contributed by atoms with E-state index in [1.807, 2.05) is 18.2 Å². The number of benzene rings is 2. The zero-order chi connectivity index (χ0) is 16.4. The molecular formula is C15H9Br2N3O2S. The maximum absolute atomic E-state index is 9.54. The van der Waals surface area contributed by atoms with Gasteiger partial charge < -0.3 is 10.2 Å². The highest BCUT2D eigenvalue weighted by Gasteiger charge is 2.08. The van der Waals surface area contributed by atoms with Gasteiger partial charge in [0.1, 0.15) is 5.01 Å². The predicted octanol–water partition coefficient (Wildman–Crippen LogP) is 4.89. The highest BCUT2D eigenvalue weighted by atomic mass is 79.9. The second-order valence-electron chi connectivity index (χ2n) is 4.53. The number of phenols is 2. The number of rotatable bonds is 3. The first-order valence-corrected chi connectivity index (χ1v) is 8.78. The largest absolute Gasteiger partial charge is 0.504 e. The lowest BCUT2D eigenvalue weighted by atomic mass is 10.2. The van der Waals surface area contributed by atoms with Crippen LogP contribution in [0.3, 0.4) is 0 Å². The third-order valence-electron chi connectivity index (χ3n) is 2.90. The summed E-state index contributed by atoms with van der Waals surface area (Å²) < 4.78 is 1.92. The number of aromatic nitrogens is 2. The topological polar surface area (TPSA) is 78.6 Å². The Hall–Kier alpha value is -1.77. The van der Waals surface area contributed by atoms with E-state index in [2.05, 4.69) is 47.0 Å². The van der Waals surface area contributed by atoms with Crippen molar-refractivity contribution in [2.24, 2.45) is 4.99 Å². The Morgan fingerprint density at radius 2 is 1.78 bits per heavy atom. The van der Waals surface area contributed by atoms with Gasteiger partial charge in [0.15, 0.2) is 11.5 Å². The number of halogens is 2. The smallest absolute Gasteiger partial charge is 0.231 e. The Bertz CT molecular complexity index is 896. The van der Waals surface area contributed by atoms with E-state index < -0.39 is 0 Å². The summed E-state index contributed by atoms with van der Waals surface area (Å²) in [5.41, 5.74) is 1.60. The molecule has 2 aromatic carbocycles. The molecule has 0 aliphatic heterocycles. The van der Waals surface area contributed by atoms with Crippen LogP contribution in [-0.2, 0) is 0 Å². The first kappa shape index (κ1) is 16.1. The van der Waals surface area contributed by atoms with Gasteiger partial charge in [-0.3, -0.25) is 0 Å². The molecule has 1 aromatic heterocycles. The Morgan fingerprint density at radius 3 is 2.52 bits per heavy atom. The summed E-state index contributed by atoms with van der Waals surface area (Å²) in [4.78, 5) is 4.31. The molecule has 0 saturated carbocycles. The van der Waals surface area contributed by atoms with Crippen molar-refractivity contribution in [1.29, 1.82) is 0 Å². The van der Waals surface area contributed by atoms with Gasteiger partial charge in [-0.05, 0) is 67.8 Å². The second kappa shape index (κ2) is 6.77. The van der Waals surface area contributed by atoms with E-state index in [1.165, 1.54) is 23.5 Å². The Labute approximate surface area is 152 Å². The summed E-state index contributed by atoms with van der Waals surface area (Å²) in [6, 6.07) is 10.3. The van der Waals surface area contributed by atoms with Crippen LogP contribution in [0.4, 0.5) is 5.13 Å². The highest BCUT2D eigenvalue weighted by molar-refractivity contribution is 9.13. The third kappa shape index (κ3) is 3.77. The molecule has 0 unspecified atom stereocenters. The molecule has 0 aliphatic carbocycles. The number of hydrogen-bond acceptors (Lipinski definition) is 6. The van der Waals surface area contributed by atoms with E-state index in [1.54, 1.807) is 12.3 Å². The predicted molar refractivity (Wildman–Crippen MR) is 97.8 cm³/mol. The Balaban J connectivity index is 1.82. The summed E-state index contributed by atoms with van der Waals surface area (Å²) in [6.45, 7) is 0. The fourth-order valence-corrected chi connectivity index (χ4v) is 3.09. The van der Waals surface area contributed by atoms with E-state index in [9.17, 15) is 10.2 Å². The number of phenolic OH excluding ortho intramolecular Hbond substituents is 2. The number of aromatic hydroxyl groups is 2. The minimum absolute atomic E-state index is 0.169. The molecule has 0 spiro atoms. The number of nitrogens with zero attached hydrogens (tertiary/aromatic N) is 3. The third-order valence-corrected chi connectivity index (χ3v) is 5.66. The van der Waals surface area contributed by atoms with Crippen LogP contribution in [0.2, 0.25) is 0 Å². The molecule has 0 aliphatic rings. The average molecular weight is 455 g/mol. The lowest BCUT2D eigenvalue weighted by molar-refractivity contribution is 0.404. The SMILES string of the molecule is Oc1ccc(-c2nnc(N=Cc3ccc(Br)c(Br)c3)s2)cc1O. The second-order valence-corrected chi connectivity index (χ2v) is 7.19. The van der Waals surface area contributed by atoms with Crippen molar-refractivity contribution < 1.29 is 10.2 Å². The first-order valence-electron chi connectivity index (χ1n) is 6.38. The molecule has 23 heavy (non-hydrogen) atoms. The molecule has 0 bridgehead atoms.